The summed E-state index contributed by atoms with van der Waals surface area (Å²) in [6, 6.07) is 3.83. The first-order valence-electron chi connectivity index (χ1n) is 6.13. The average Bonchev–Trinajstić information content (AvgIpc) is 2.85. The number of hydrogen-bond donors (Lipinski definition) is 2. The topological polar surface area (TPSA) is 73.2 Å². The van der Waals surface area contributed by atoms with Crippen molar-refractivity contribution in [3.63, 3.8) is 0 Å². The minimum absolute atomic E-state index is 0.475. The zero-order valence-electron chi connectivity index (χ0n) is 10.5. The number of H-pyrrole nitrogens is 1. The zero-order chi connectivity index (χ0) is 13.4. The van der Waals surface area contributed by atoms with Crippen LogP contribution in [0.15, 0.2) is 16.6 Å². The number of hydrogen-bond acceptors (Lipinski definition) is 4. The normalized spacial score (nSPS) is 13.6. The molecule has 0 saturated carbocycles. The van der Waals surface area contributed by atoms with Crippen LogP contribution in [0.1, 0.15) is 12.5 Å². The number of anilines is 1. The fraction of sp³-hybridized carbons (Fsp3) is 0.308. The molecule has 19 heavy (non-hydrogen) atoms. The summed E-state index contributed by atoms with van der Waals surface area (Å²) < 4.78 is 12.3. The first kappa shape index (κ1) is 12.3. The van der Waals surface area contributed by atoms with Gasteiger partial charge >= 0.3 is 0 Å². The van der Waals surface area contributed by atoms with E-state index in [-0.39, 0.29) is 0 Å². The number of fused-ring (bicyclic) bond motifs is 1. The molecule has 0 spiro atoms. The molecule has 2 heterocycles. The standard InChI is InChI=1S/C13H14BrN3O2/c1-2-7-8(10-6-11(15)17-16-10)5-9(14)13-12(7)18-3-4-19-13/h5-6H,2-4H2,1H3,(H3,15,16,17). The van der Waals surface area contributed by atoms with Gasteiger partial charge in [-0.3, -0.25) is 5.10 Å². The Morgan fingerprint density at radius 3 is 2.68 bits per heavy atom. The largest absolute Gasteiger partial charge is 0.486 e. The van der Waals surface area contributed by atoms with Crippen molar-refractivity contribution in [2.75, 3.05) is 18.9 Å². The van der Waals surface area contributed by atoms with E-state index in [1.807, 2.05) is 12.1 Å². The lowest BCUT2D eigenvalue weighted by Gasteiger charge is -2.23. The van der Waals surface area contributed by atoms with Gasteiger partial charge in [-0.05, 0) is 28.4 Å². The minimum Gasteiger partial charge on any atom is -0.486 e. The predicted molar refractivity (Wildman–Crippen MR) is 76.5 cm³/mol. The summed E-state index contributed by atoms with van der Waals surface area (Å²) in [7, 11) is 0. The van der Waals surface area contributed by atoms with Crippen LogP contribution < -0.4 is 15.2 Å². The molecule has 6 heteroatoms. The second kappa shape index (κ2) is 4.77. The van der Waals surface area contributed by atoms with Crippen LogP contribution in [-0.2, 0) is 6.42 Å². The molecule has 0 saturated heterocycles. The number of aromatic nitrogens is 2. The van der Waals surface area contributed by atoms with Gasteiger partial charge in [0.1, 0.15) is 19.0 Å². The molecule has 0 fully saturated rings. The first-order chi connectivity index (χ1) is 9.20. The van der Waals surface area contributed by atoms with E-state index in [2.05, 4.69) is 33.1 Å². The Balaban J connectivity index is 2.22. The molecule has 0 radical (unpaired) electrons. The Bertz CT molecular complexity index is 625. The molecule has 0 bridgehead atoms. The quantitative estimate of drug-likeness (QED) is 0.891. The van der Waals surface area contributed by atoms with Crippen molar-refractivity contribution in [1.82, 2.24) is 10.2 Å². The zero-order valence-corrected chi connectivity index (χ0v) is 12.1. The highest BCUT2D eigenvalue weighted by molar-refractivity contribution is 9.10. The van der Waals surface area contributed by atoms with Gasteiger partial charge in [0.05, 0.1) is 10.2 Å². The number of nitrogens with one attached hydrogen (secondary N) is 1. The molecule has 0 amide bonds. The van der Waals surface area contributed by atoms with E-state index in [4.69, 9.17) is 15.2 Å². The third-order valence-electron chi connectivity index (χ3n) is 3.11. The van der Waals surface area contributed by atoms with E-state index in [9.17, 15) is 0 Å². The molecular weight excluding hydrogens is 310 g/mol. The molecule has 1 aliphatic heterocycles. The van der Waals surface area contributed by atoms with Gasteiger partial charge in [-0.15, -0.1) is 0 Å². The average molecular weight is 324 g/mol. The van der Waals surface area contributed by atoms with Gasteiger partial charge in [-0.25, -0.2) is 0 Å². The van der Waals surface area contributed by atoms with Crippen LogP contribution in [-0.4, -0.2) is 23.4 Å². The van der Waals surface area contributed by atoms with Gasteiger partial charge in [0.25, 0.3) is 0 Å². The molecule has 0 aliphatic carbocycles. The summed E-state index contributed by atoms with van der Waals surface area (Å²) in [4.78, 5) is 0. The number of ether oxygens (including phenoxy) is 2. The number of aromatic amines is 1. The summed E-state index contributed by atoms with van der Waals surface area (Å²) >= 11 is 3.53. The van der Waals surface area contributed by atoms with E-state index in [1.54, 1.807) is 0 Å². The Morgan fingerprint density at radius 2 is 2.05 bits per heavy atom. The predicted octanol–water partition coefficient (Wildman–Crippen LogP) is 2.76. The van der Waals surface area contributed by atoms with E-state index in [1.165, 1.54) is 0 Å². The smallest absolute Gasteiger partial charge is 0.175 e. The molecule has 5 nitrogen and oxygen atoms in total. The summed E-state index contributed by atoms with van der Waals surface area (Å²) in [6.45, 7) is 3.23. The van der Waals surface area contributed by atoms with Crippen molar-refractivity contribution in [2.24, 2.45) is 0 Å². The highest BCUT2D eigenvalue weighted by Crippen LogP contribution is 2.45. The van der Waals surface area contributed by atoms with Crippen molar-refractivity contribution < 1.29 is 9.47 Å². The lowest BCUT2D eigenvalue weighted by Crippen LogP contribution is -2.17. The number of nitrogens with zero attached hydrogens (tertiary/aromatic N) is 1. The van der Waals surface area contributed by atoms with Gasteiger partial charge in [-0.1, -0.05) is 6.92 Å². The fourth-order valence-corrected chi connectivity index (χ4v) is 2.81. The molecule has 0 unspecified atom stereocenters. The van der Waals surface area contributed by atoms with Crippen molar-refractivity contribution in [3.05, 3.63) is 22.2 Å². The number of halogens is 1. The molecule has 3 rings (SSSR count). The van der Waals surface area contributed by atoms with Gasteiger partial charge < -0.3 is 15.2 Å². The molecule has 0 atom stereocenters. The molecule has 1 aromatic carbocycles. The number of benzene rings is 1. The van der Waals surface area contributed by atoms with Gasteiger partial charge in [-0.2, -0.15) is 5.10 Å². The Hall–Kier alpha value is -1.69. The summed E-state index contributed by atoms with van der Waals surface area (Å²) in [6.07, 6.45) is 0.841. The highest BCUT2D eigenvalue weighted by Gasteiger charge is 2.23. The number of nitrogen functional groups attached to an aromatic ring is 1. The Labute approximate surface area is 119 Å². The fourth-order valence-electron chi connectivity index (χ4n) is 2.29. The third kappa shape index (κ3) is 2.06. The van der Waals surface area contributed by atoms with Crippen molar-refractivity contribution >= 4 is 21.7 Å². The number of rotatable bonds is 2. The summed E-state index contributed by atoms with van der Waals surface area (Å²) in [5.41, 5.74) is 8.68. The molecule has 100 valence electrons. The second-order valence-electron chi connectivity index (χ2n) is 4.30. The van der Waals surface area contributed by atoms with Crippen molar-refractivity contribution in [1.29, 1.82) is 0 Å². The van der Waals surface area contributed by atoms with Crippen LogP contribution in [0.25, 0.3) is 11.3 Å². The van der Waals surface area contributed by atoms with E-state index >= 15 is 0 Å². The van der Waals surface area contributed by atoms with Crippen LogP contribution >= 0.6 is 15.9 Å². The van der Waals surface area contributed by atoms with Gasteiger partial charge in [0.15, 0.2) is 11.5 Å². The van der Waals surface area contributed by atoms with Crippen molar-refractivity contribution in [3.8, 4) is 22.8 Å². The minimum atomic E-state index is 0.475. The molecule has 1 aromatic heterocycles. The second-order valence-corrected chi connectivity index (χ2v) is 5.15. The molecule has 1 aliphatic rings. The molecular formula is C13H14BrN3O2. The maximum Gasteiger partial charge on any atom is 0.175 e. The molecule has 3 N–H and O–H groups in total. The van der Waals surface area contributed by atoms with Gasteiger partial charge in [0, 0.05) is 17.2 Å². The highest BCUT2D eigenvalue weighted by atomic mass is 79.9. The lowest BCUT2D eigenvalue weighted by molar-refractivity contribution is 0.169. The first-order valence-corrected chi connectivity index (χ1v) is 6.92. The molecule has 2 aromatic rings. The van der Waals surface area contributed by atoms with E-state index < -0.39 is 0 Å². The van der Waals surface area contributed by atoms with Crippen LogP contribution in [0.2, 0.25) is 0 Å². The Morgan fingerprint density at radius 1 is 1.32 bits per heavy atom. The van der Waals surface area contributed by atoms with Crippen LogP contribution in [0.4, 0.5) is 5.82 Å². The maximum atomic E-state index is 5.77. The monoisotopic (exact) mass is 323 g/mol. The summed E-state index contributed by atoms with van der Waals surface area (Å²) in [5.74, 6) is 2.06. The van der Waals surface area contributed by atoms with Gasteiger partial charge in [0.2, 0.25) is 0 Å². The number of nitrogens with two attached hydrogens (primary N) is 1. The van der Waals surface area contributed by atoms with Crippen molar-refractivity contribution in [2.45, 2.75) is 13.3 Å². The summed E-state index contributed by atoms with van der Waals surface area (Å²) in [5, 5.41) is 6.91. The van der Waals surface area contributed by atoms with Crippen LogP contribution in [0.5, 0.6) is 11.5 Å². The van der Waals surface area contributed by atoms with Crippen LogP contribution in [0.3, 0.4) is 0 Å². The van der Waals surface area contributed by atoms with Crippen LogP contribution in [0, 0.1) is 0 Å². The SMILES string of the molecule is CCc1c(-c2cc(N)n[nH]2)cc(Br)c2c1OCCO2. The lowest BCUT2D eigenvalue weighted by atomic mass is 10.0. The van der Waals surface area contributed by atoms with E-state index in [0.717, 1.165) is 39.2 Å². The third-order valence-corrected chi connectivity index (χ3v) is 3.70. The Kier molecular flexibility index (Phi) is 3.10. The maximum absolute atomic E-state index is 5.77. The van der Waals surface area contributed by atoms with E-state index in [0.29, 0.717) is 19.0 Å².